The number of fused-ring (bicyclic) bond motifs is 7. The van der Waals surface area contributed by atoms with E-state index in [1.165, 1.54) is 57.8 Å². The Bertz CT molecular complexity index is 883. The molecule has 0 amide bonds. The molecule has 4 saturated carbocycles. The number of hydrogen-bond donors (Lipinski definition) is 0. The van der Waals surface area contributed by atoms with E-state index in [1.807, 2.05) is 0 Å². The minimum atomic E-state index is -0.00208. The molecular weight excluding hydrogens is 464 g/mol. The van der Waals surface area contributed by atoms with Crippen LogP contribution in [0.25, 0.3) is 0 Å². The quantitative estimate of drug-likeness (QED) is 0.341. The van der Waals surface area contributed by atoms with Crippen LogP contribution < -0.4 is 0 Å². The predicted octanol–water partition coefficient (Wildman–Crippen LogP) is 9.94. The van der Waals surface area contributed by atoms with Gasteiger partial charge in [0.1, 0.15) is 0 Å². The summed E-state index contributed by atoms with van der Waals surface area (Å²) in [5.41, 5.74) is 1.48. The van der Waals surface area contributed by atoms with E-state index in [4.69, 9.17) is 9.47 Å². The fraction of sp³-hybridized carbons (Fsp3) is 1.00. The summed E-state index contributed by atoms with van der Waals surface area (Å²) in [5, 5.41) is 0. The van der Waals surface area contributed by atoms with Gasteiger partial charge in [0.2, 0.25) is 0 Å². The van der Waals surface area contributed by atoms with E-state index >= 15 is 0 Å². The highest BCUT2D eigenvalue weighted by Gasteiger charge is 2.77. The number of ether oxygens (including phenoxy) is 2. The Morgan fingerprint density at radius 2 is 1.58 bits per heavy atom. The second-order valence-electron chi connectivity index (χ2n) is 17.1. The van der Waals surface area contributed by atoms with Crippen LogP contribution in [0.15, 0.2) is 0 Å². The van der Waals surface area contributed by atoms with Crippen molar-refractivity contribution in [3.63, 3.8) is 0 Å². The molecule has 5 rings (SSSR count). The molecule has 0 aromatic heterocycles. The van der Waals surface area contributed by atoms with Crippen LogP contribution in [0.1, 0.15) is 141 Å². The maximum atomic E-state index is 7.38. The summed E-state index contributed by atoms with van der Waals surface area (Å²) in [5.74, 6) is 5.22. The van der Waals surface area contributed by atoms with Gasteiger partial charge in [-0.1, -0.05) is 68.7 Å². The largest absolute Gasteiger partial charge is 0.375 e. The maximum Gasteiger partial charge on any atom is 0.0715 e. The predicted molar refractivity (Wildman–Crippen MR) is 160 cm³/mol. The zero-order valence-corrected chi connectivity index (χ0v) is 27.5. The minimum Gasteiger partial charge on any atom is -0.375 e. The number of rotatable bonds is 6. The SMILES string of the molecule is CCC(C)CC(C)C1(C)OC2CC3(C)C4CCC5C[C@@H](OC(C)C)C(C)C[C@]5(C)C4CC[C@]3(C)C2(C)[C@@H]1C. The van der Waals surface area contributed by atoms with E-state index in [0.717, 1.165) is 23.7 Å². The molecule has 0 bridgehead atoms. The second kappa shape index (κ2) is 9.47. The molecule has 0 aromatic rings. The van der Waals surface area contributed by atoms with Gasteiger partial charge >= 0.3 is 0 Å². The van der Waals surface area contributed by atoms with Crippen LogP contribution in [0.2, 0.25) is 0 Å². The first-order valence-electron chi connectivity index (χ1n) is 16.9. The Balaban J connectivity index is 1.42. The molecule has 10 unspecified atom stereocenters. The Kier molecular flexibility index (Phi) is 7.33. The molecule has 1 heterocycles. The Hall–Kier alpha value is -0.0800. The summed E-state index contributed by atoms with van der Waals surface area (Å²) in [6, 6.07) is 0. The summed E-state index contributed by atoms with van der Waals surface area (Å²) in [6.45, 7) is 30.2. The van der Waals surface area contributed by atoms with Gasteiger partial charge in [-0.25, -0.2) is 0 Å². The highest BCUT2D eigenvalue weighted by Crippen LogP contribution is 2.80. The lowest BCUT2D eigenvalue weighted by Crippen LogP contribution is -2.61. The van der Waals surface area contributed by atoms with Crippen LogP contribution in [-0.4, -0.2) is 23.9 Å². The third kappa shape index (κ3) is 3.76. The van der Waals surface area contributed by atoms with E-state index in [2.05, 4.69) is 83.1 Å². The van der Waals surface area contributed by atoms with Crippen LogP contribution in [-0.2, 0) is 9.47 Å². The molecule has 1 saturated heterocycles. The van der Waals surface area contributed by atoms with Gasteiger partial charge in [0.15, 0.2) is 0 Å². The normalized spacial score (nSPS) is 55.7. The third-order valence-corrected chi connectivity index (χ3v) is 15.5. The van der Waals surface area contributed by atoms with Gasteiger partial charge in [-0.2, -0.15) is 0 Å². The molecular formula is C36H64O2. The summed E-state index contributed by atoms with van der Waals surface area (Å²) in [4.78, 5) is 0. The molecule has 1 aliphatic heterocycles. The lowest BCUT2D eigenvalue weighted by molar-refractivity contribution is -0.197. The Labute approximate surface area is 237 Å². The van der Waals surface area contributed by atoms with E-state index in [9.17, 15) is 0 Å². The fourth-order valence-corrected chi connectivity index (χ4v) is 12.4. The molecule has 5 aliphatic rings. The second-order valence-corrected chi connectivity index (χ2v) is 17.1. The van der Waals surface area contributed by atoms with Crippen molar-refractivity contribution in [3.05, 3.63) is 0 Å². The lowest BCUT2D eigenvalue weighted by Gasteiger charge is -2.67. The fourth-order valence-electron chi connectivity index (χ4n) is 12.4. The third-order valence-electron chi connectivity index (χ3n) is 15.5. The van der Waals surface area contributed by atoms with Gasteiger partial charge < -0.3 is 9.47 Å². The average Bonchev–Trinajstić information content (AvgIpc) is 3.14. The Morgan fingerprint density at radius 3 is 2.21 bits per heavy atom. The summed E-state index contributed by atoms with van der Waals surface area (Å²) >= 11 is 0. The van der Waals surface area contributed by atoms with E-state index in [0.29, 0.717) is 52.3 Å². The molecule has 0 radical (unpaired) electrons. The molecule has 4 aliphatic carbocycles. The van der Waals surface area contributed by atoms with Crippen LogP contribution in [0, 0.1) is 63.1 Å². The van der Waals surface area contributed by atoms with E-state index in [1.54, 1.807) is 0 Å². The minimum absolute atomic E-state index is 0.00208. The first-order valence-corrected chi connectivity index (χ1v) is 16.9. The van der Waals surface area contributed by atoms with Crippen LogP contribution >= 0.6 is 0 Å². The summed E-state index contributed by atoms with van der Waals surface area (Å²) in [7, 11) is 0. The van der Waals surface area contributed by atoms with Crippen molar-refractivity contribution in [2.24, 2.45) is 63.1 Å². The molecule has 5 fully saturated rings. The van der Waals surface area contributed by atoms with Gasteiger partial charge in [-0.3, -0.25) is 0 Å². The molecule has 0 N–H and O–H groups in total. The van der Waals surface area contributed by atoms with Crippen molar-refractivity contribution >= 4 is 0 Å². The van der Waals surface area contributed by atoms with Gasteiger partial charge in [-0.05, 0) is 130 Å². The highest BCUT2D eigenvalue weighted by molar-refractivity contribution is 5.25. The summed E-state index contributed by atoms with van der Waals surface area (Å²) in [6.07, 6.45) is 13.4. The molecule has 14 atom stereocenters. The molecule has 2 nitrogen and oxygen atoms in total. The maximum absolute atomic E-state index is 7.38. The first kappa shape index (κ1) is 29.4. The molecule has 38 heavy (non-hydrogen) atoms. The monoisotopic (exact) mass is 528 g/mol. The molecule has 0 spiro atoms. The number of hydrogen-bond acceptors (Lipinski definition) is 2. The highest BCUT2D eigenvalue weighted by atomic mass is 16.5. The van der Waals surface area contributed by atoms with Crippen molar-refractivity contribution in [1.29, 1.82) is 0 Å². The average molecular weight is 529 g/mol. The van der Waals surface area contributed by atoms with Gasteiger partial charge in [-0.15, -0.1) is 0 Å². The zero-order valence-electron chi connectivity index (χ0n) is 27.5. The standard InChI is InChI=1S/C36H64O2/c1-13-23(4)18-25(6)36(12)26(7)35(11)31(38-36)21-33(9)29-15-14-27-19-30(37-22(2)3)24(5)20-32(27,8)28(29)16-17-34(33,35)10/h22-31H,13-21H2,1-12H3/t23?,24?,25?,26-,27?,28?,29?,30+,31?,32-,33?,34-,35?,36?/m0/s1. The smallest absolute Gasteiger partial charge is 0.0715 e. The topological polar surface area (TPSA) is 18.5 Å². The van der Waals surface area contributed by atoms with Crippen LogP contribution in [0.3, 0.4) is 0 Å². The molecule has 2 heteroatoms. The van der Waals surface area contributed by atoms with Crippen molar-refractivity contribution in [3.8, 4) is 0 Å². The molecule has 220 valence electrons. The van der Waals surface area contributed by atoms with Crippen molar-refractivity contribution < 1.29 is 9.47 Å². The van der Waals surface area contributed by atoms with Gasteiger partial charge in [0.25, 0.3) is 0 Å². The van der Waals surface area contributed by atoms with Gasteiger partial charge in [0.05, 0.1) is 23.9 Å². The zero-order chi connectivity index (χ0) is 28.1. The van der Waals surface area contributed by atoms with Crippen LogP contribution in [0.4, 0.5) is 0 Å². The van der Waals surface area contributed by atoms with E-state index in [-0.39, 0.29) is 11.0 Å². The van der Waals surface area contributed by atoms with E-state index < -0.39 is 0 Å². The van der Waals surface area contributed by atoms with Gasteiger partial charge in [0, 0.05) is 5.41 Å². The lowest BCUT2D eigenvalue weighted by atomic mass is 9.38. The summed E-state index contributed by atoms with van der Waals surface area (Å²) < 4.78 is 13.8. The van der Waals surface area contributed by atoms with Crippen molar-refractivity contribution in [1.82, 2.24) is 0 Å². The first-order chi connectivity index (χ1) is 17.6. The van der Waals surface area contributed by atoms with Crippen molar-refractivity contribution in [2.75, 3.05) is 0 Å². The van der Waals surface area contributed by atoms with Crippen LogP contribution in [0.5, 0.6) is 0 Å². The Morgan fingerprint density at radius 1 is 0.895 bits per heavy atom. The van der Waals surface area contributed by atoms with Crippen molar-refractivity contribution in [2.45, 2.75) is 165 Å². The molecule has 0 aromatic carbocycles.